The van der Waals surface area contributed by atoms with E-state index in [0.717, 1.165) is 48.9 Å². The van der Waals surface area contributed by atoms with E-state index in [0.29, 0.717) is 0 Å². The SMILES string of the molecule is COc1ccc(-c2[nH]ncc2CN2CCc3nc(C(C)(C)C)ncc3C2)cc1. The van der Waals surface area contributed by atoms with Crippen LogP contribution in [0.1, 0.15) is 43.4 Å². The summed E-state index contributed by atoms with van der Waals surface area (Å²) in [5.74, 6) is 1.78. The van der Waals surface area contributed by atoms with E-state index in [1.54, 1.807) is 7.11 Å². The number of hydrogen-bond donors (Lipinski definition) is 1. The molecule has 6 heteroatoms. The number of ether oxygens (including phenoxy) is 1. The Hall–Kier alpha value is -2.73. The van der Waals surface area contributed by atoms with Crippen LogP contribution in [-0.4, -0.2) is 38.7 Å². The van der Waals surface area contributed by atoms with Crippen molar-refractivity contribution in [1.29, 1.82) is 0 Å². The van der Waals surface area contributed by atoms with Gasteiger partial charge in [-0.05, 0) is 24.3 Å². The van der Waals surface area contributed by atoms with Crippen LogP contribution in [0.25, 0.3) is 11.3 Å². The molecule has 3 heterocycles. The number of fused-ring (bicyclic) bond motifs is 1. The van der Waals surface area contributed by atoms with Gasteiger partial charge < -0.3 is 4.74 Å². The zero-order chi connectivity index (χ0) is 19.7. The molecule has 0 aliphatic carbocycles. The van der Waals surface area contributed by atoms with Gasteiger partial charge in [0.25, 0.3) is 0 Å². The number of nitrogens with zero attached hydrogens (tertiary/aromatic N) is 4. The van der Waals surface area contributed by atoms with Crippen LogP contribution in [0.15, 0.2) is 36.7 Å². The highest BCUT2D eigenvalue weighted by Crippen LogP contribution is 2.27. The van der Waals surface area contributed by atoms with E-state index in [1.165, 1.54) is 16.8 Å². The van der Waals surface area contributed by atoms with Gasteiger partial charge in [-0.3, -0.25) is 10.00 Å². The van der Waals surface area contributed by atoms with Crippen molar-refractivity contribution in [1.82, 2.24) is 25.1 Å². The third-order valence-electron chi connectivity index (χ3n) is 5.17. The molecule has 146 valence electrons. The molecule has 0 radical (unpaired) electrons. The van der Waals surface area contributed by atoms with Gasteiger partial charge in [-0.15, -0.1) is 0 Å². The summed E-state index contributed by atoms with van der Waals surface area (Å²) < 4.78 is 5.25. The number of nitrogens with one attached hydrogen (secondary N) is 1. The quantitative estimate of drug-likeness (QED) is 0.750. The van der Waals surface area contributed by atoms with Crippen molar-refractivity contribution >= 4 is 0 Å². The number of rotatable bonds is 4. The highest BCUT2D eigenvalue weighted by Gasteiger charge is 2.23. The van der Waals surface area contributed by atoms with Crippen LogP contribution in [0.2, 0.25) is 0 Å². The molecule has 28 heavy (non-hydrogen) atoms. The standard InChI is InChI=1S/C22H27N5O/c1-22(2,3)21-23-11-16-13-27(10-9-19(16)25-21)14-17-12-24-26-20(17)15-5-7-18(28-4)8-6-15/h5-8,11-12H,9-10,13-14H2,1-4H3,(H,24,26). The topological polar surface area (TPSA) is 66.9 Å². The molecular formula is C22H27N5O. The molecule has 3 aromatic rings. The summed E-state index contributed by atoms with van der Waals surface area (Å²) >= 11 is 0. The molecule has 1 aliphatic rings. The Kier molecular flexibility index (Phi) is 4.89. The van der Waals surface area contributed by atoms with Gasteiger partial charge in [-0.1, -0.05) is 20.8 Å². The van der Waals surface area contributed by atoms with Gasteiger partial charge in [-0.2, -0.15) is 5.10 Å². The minimum absolute atomic E-state index is 0.0176. The molecule has 0 amide bonds. The Morgan fingerprint density at radius 3 is 2.64 bits per heavy atom. The van der Waals surface area contributed by atoms with Crippen molar-refractivity contribution in [2.24, 2.45) is 0 Å². The lowest BCUT2D eigenvalue weighted by atomic mass is 9.95. The van der Waals surface area contributed by atoms with Crippen LogP contribution in [0, 0.1) is 0 Å². The molecule has 1 aromatic carbocycles. The second-order valence-electron chi connectivity index (χ2n) is 8.37. The van der Waals surface area contributed by atoms with Crippen LogP contribution < -0.4 is 4.74 Å². The predicted octanol–water partition coefficient (Wildman–Crippen LogP) is 3.73. The number of methoxy groups -OCH3 is 1. The lowest BCUT2D eigenvalue weighted by Crippen LogP contribution is -2.32. The first-order chi connectivity index (χ1) is 13.4. The van der Waals surface area contributed by atoms with E-state index in [-0.39, 0.29) is 5.41 Å². The van der Waals surface area contributed by atoms with Gasteiger partial charge in [0.15, 0.2) is 0 Å². The minimum atomic E-state index is -0.0176. The van der Waals surface area contributed by atoms with Gasteiger partial charge >= 0.3 is 0 Å². The first kappa shape index (κ1) is 18.6. The molecule has 0 fully saturated rings. The number of aromatic nitrogens is 4. The smallest absolute Gasteiger partial charge is 0.133 e. The molecule has 1 aliphatic heterocycles. The fraction of sp³-hybridized carbons (Fsp3) is 0.409. The largest absolute Gasteiger partial charge is 0.497 e. The Balaban J connectivity index is 1.50. The number of H-pyrrole nitrogens is 1. The summed E-state index contributed by atoms with van der Waals surface area (Å²) in [7, 11) is 1.68. The average Bonchev–Trinajstić information content (AvgIpc) is 3.15. The third kappa shape index (κ3) is 3.78. The maximum Gasteiger partial charge on any atom is 0.133 e. The zero-order valence-corrected chi connectivity index (χ0v) is 17.0. The van der Waals surface area contributed by atoms with E-state index < -0.39 is 0 Å². The summed E-state index contributed by atoms with van der Waals surface area (Å²) in [6, 6.07) is 8.06. The maximum absolute atomic E-state index is 5.25. The predicted molar refractivity (Wildman–Crippen MR) is 109 cm³/mol. The van der Waals surface area contributed by atoms with Crippen molar-refractivity contribution < 1.29 is 4.74 Å². The number of aromatic amines is 1. The molecule has 0 bridgehead atoms. The fourth-order valence-corrected chi connectivity index (χ4v) is 3.55. The van der Waals surface area contributed by atoms with Crippen molar-refractivity contribution in [3.8, 4) is 17.0 Å². The summed E-state index contributed by atoms with van der Waals surface area (Å²) in [4.78, 5) is 11.9. The molecule has 0 saturated carbocycles. The molecule has 0 saturated heterocycles. The molecular weight excluding hydrogens is 350 g/mol. The first-order valence-corrected chi connectivity index (χ1v) is 9.68. The van der Waals surface area contributed by atoms with E-state index >= 15 is 0 Å². The van der Waals surface area contributed by atoms with Crippen LogP contribution in [0.4, 0.5) is 0 Å². The molecule has 1 N–H and O–H groups in total. The Morgan fingerprint density at radius 2 is 1.93 bits per heavy atom. The Morgan fingerprint density at radius 1 is 1.14 bits per heavy atom. The number of hydrogen-bond acceptors (Lipinski definition) is 5. The fourth-order valence-electron chi connectivity index (χ4n) is 3.55. The molecule has 4 rings (SSSR count). The third-order valence-corrected chi connectivity index (χ3v) is 5.17. The van der Waals surface area contributed by atoms with Gasteiger partial charge in [0, 0.05) is 60.1 Å². The molecule has 0 unspecified atom stereocenters. The van der Waals surface area contributed by atoms with Gasteiger partial charge in [0.1, 0.15) is 11.6 Å². The van der Waals surface area contributed by atoms with E-state index in [2.05, 4.69) is 53.0 Å². The second kappa shape index (κ2) is 7.36. The molecule has 2 aromatic heterocycles. The maximum atomic E-state index is 5.25. The monoisotopic (exact) mass is 377 g/mol. The van der Waals surface area contributed by atoms with Gasteiger partial charge in [-0.25, -0.2) is 9.97 Å². The van der Waals surface area contributed by atoms with E-state index in [4.69, 9.17) is 9.72 Å². The molecule has 0 atom stereocenters. The molecule has 6 nitrogen and oxygen atoms in total. The van der Waals surface area contributed by atoms with Gasteiger partial charge in [0.2, 0.25) is 0 Å². The lowest BCUT2D eigenvalue weighted by molar-refractivity contribution is 0.242. The second-order valence-corrected chi connectivity index (χ2v) is 8.37. The molecule has 0 spiro atoms. The lowest BCUT2D eigenvalue weighted by Gasteiger charge is -2.29. The van der Waals surface area contributed by atoms with Crippen LogP contribution in [-0.2, 0) is 24.9 Å². The highest BCUT2D eigenvalue weighted by atomic mass is 16.5. The van der Waals surface area contributed by atoms with Crippen molar-refractivity contribution in [3.05, 3.63) is 59.3 Å². The summed E-state index contributed by atoms with van der Waals surface area (Å²) in [5, 5.41) is 7.43. The van der Waals surface area contributed by atoms with E-state index in [9.17, 15) is 0 Å². The van der Waals surface area contributed by atoms with Crippen molar-refractivity contribution in [2.75, 3.05) is 13.7 Å². The summed E-state index contributed by atoms with van der Waals surface area (Å²) in [6.45, 7) is 9.17. The Bertz CT molecular complexity index is 956. The normalized spacial score (nSPS) is 14.7. The minimum Gasteiger partial charge on any atom is -0.497 e. The van der Waals surface area contributed by atoms with E-state index in [1.807, 2.05) is 24.5 Å². The van der Waals surface area contributed by atoms with Crippen LogP contribution >= 0.6 is 0 Å². The Labute approximate surface area is 166 Å². The van der Waals surface area contributed by atoms with Crippen molar-refractivity contribution in [3.63, 3.8) is 0 Å². The average molecular weight is 377 g/mol. The zero-order valence-electron chi connectivity index (χ0n) is 17.0. The number of benzene rings is 1. The van der Waals surface area contributed by atoms with Gasteiger partial charge in [0.05, 0.1) is 19.0 Å². The first-order valence-electron chi connectivity index (χ1n) is 9.68. The van der Waals surface area contributed by atoms with Crippen molar-refractivity contribution in [2.45, 2.75) is 45.7 Å². The highest BCUT2D eigenvalue weighted by molar-refractivity contribution is 5.63. The van der Waals surface area contributed by atoms with Crippen LogP contribution in [0.5, 0.6) is 5.75 Å². The summed E-state index contributed by atoms with van der Waals surface area (Å²) in [5.41, 5.74) is 5.78. The summed E-state index contributed by atoms with van der Waals surface area (Å²) in [6.07, 6.45) is 4.89. The van der Waals surface area contributed by atoms with Crippen LogP contribution in [0.3, 0.4) is 0 Å².